The van der Waals surface area contributed by atoms with Crippen LogP contribution in [-0.2, 0) is 14.3 Å². The third-order valence-electron chi connectivity index (χ3n) is 3.05. The Bertz CT molecular complexity index is 632. The number of carbonyl (C=O) groups is 3. The molecule has 2 N–H and O–H groups in total. The van der Waals surface area contributed by atoms with Crippen LogP contribution in [0.3, 0.4) is 0 Å². The molecule has 25 heavy (non-hydrogen) atoms. The molecule has 1 unspecified atom stereocenters. The molecule has 1 atom stereocenters. The highest BCUT2D eigenvalue weighted by molar-refractivity contribution is 5.97. The highest BCUT2D eigenvalue weighted by Gasteiger charge is 2.24. The second kappa shape index (κ2) is 8.86. The summed E-state index contributed by atoms with van der Waals surface area (Å²) in [6.45, 7) is 8.65. The van der Waals surface area contributed by atoms with Crippen molar-refractivity contribution in [3.63, 3.8) is 0 Å². The van der Waals surface area contributed by atoms with Crippen molar-refractivity contribution in [1.29, 1.82) is 0 Å². The van der Waals surface area contributed by atoms with Crippen LogP contribution in [0, 0.1) is 0 Å². The smallest absolute Gasteiger partial charge is 0.407 e. The van der Waals surface area contributed by atoms with Gasteiger partial charge in [-0.15, -0.1) is 0 Å². The van der Waals surface area contributed by atoms with Crippen molar-refractivity contribution in [2.45, 2.75) is 32.4 Å². The van der Waals surface area contributed by atoms with Crippen LogP contribution in [0.4, 0.5) is 4.79 Å². The Morgan fingerprint density at radius 2 is 1.80 bits per heavy atom. The largest absolute Gasteiger partial charge is 0.467 e. The standard InChI is InChI=1S/C18H24N2O5/c1-6-12-7-9-13(10-8-12)15(21)20-14(16(22)24-5)11-19-17(23)25-18(2,3)4/h6-10,14H,1,11H2,2-5H3,(H,19,23)(H,20,21). The van der Waals surface area contributed by atoms with Crippen molar-refractivity contribution in [2.75, 3.05) is 13.7 Å². The van der Waals surface area contributed by atoms with Crippen molar-refractivity contribution in [1.82, 2.24) is 10.6 Å². The molecule has 0 radical (unpaired) electrons. The fraction of sp³-hybridized carbons (Fsp3) is 0.389. The van der Waals surface area contributed by atoms with Gasteiger partial charge in [-0.3, -0.25) is 4.79 Å². The number of hydrogen-bond acceptors (Lipinski definition) is 5. The van der Waals surface area contributed by atoms with Crippen molar-refractivity contribution >= 4 is 24.0 Å². The molecule has 0 saturated carbocycles. The van der Waals surface area contributed by atoms with E-state index < -0.39 is 29.6 Å². The number of ether oxygens (including phenoxy) is 2. The van der Waals surface area contributed by atoms with Crippen molar-refractivity contribution < 1.29 is 23.9 Å². The Hall–Kier alpha value is -2.83. The van der Waals surface area contributed by atoms with Gasteiger partial charge in [0, 0.05) is 5.56 Å². The Morgan fingerprint density at radius 1 is 1.20 bits per heavy atom. The average Bonchev–Trinajstić information content (AvgIpc) is 2.56. The van der Waals surface area contributed by atoms with Gasteiger partial charge < -0.3 is 20.1 Å². The number of rotatable bonds is 6. The molecular formula is C18H24N2O5. The molecular weight excluding hydrogens is 324 g/mol. The van der Waals surface area contributed by atoms with E-state index in [-0.39, 0.29) is 6.54 Å². The molecule has 0 aliphatic carbocycles. The van der Waals surface area contributed by atoms with Crippen LogP contribution in [0.15, 0.2) is 30.8 Å². The zero-order chi connectivity index (χ0) is 19.0. The first kappa shape index (κ1) is 20.2. The van der Waals surface area contributed by atoms with Gasteiger partial charge in [0.15, 0.2) is 0 Å². The lowest BCUT2D eigenvalue weighted by molar-refractivity contribution is -0.142. The van der Waals surface area contributed by atoms with Crippen LogP contribution in [0.1, 0.15) is 36.7 Å². The van der Waals surface area contributed by atoms with E-state index in [0.29, 0.717) is 5.56 Å². The number of carbonyl (C=O) groups excluding carboxylic acids is 3. The summed E-state index contributed by atoms with van der Waals surface area (Å²) in [5.74, 6) is -1.14. The Balaban J connectivity index is 2.71. The number of alkyl carbamates (subject to hydrolysis) is 1. The van der Waals surface area contributed by atoms with Crippen LogP contribution < -0.4 is 10.6 Å². The zero-order valence-electron chi connectivity index (χ0n) is 14.9. The van der Waals surface area contributed by atoms with Gasteiger partial charge in [-0.25, -0.2) is 9.59 Å². The lowest BCUT2D eigenvalue weighted by Crippen LogP contribution is -2.49. The van der Waals surface area contributed by atoms with Crippen LogP contribution in [0.5, 0.6) is 0 Å². The molecule has 7 heteroatoms. The molecule has 0 heterocycles. The second-order valence-corrected chi connectivity index (χ2v) is 6.26. The first-order valence-electron chi connectivity index (χ1n) is 7.74. The number of esters is 1. The maximum atomic E-state index is 12.3. The number of nitrogens with one attached hydrogen (secondary N) is 2. The highest BCUT2D eigenvalue weighted by Crippen LogP contribution is 2.07. The van der Waals surface area contributed by atoms with E-state index in [1.54, 1.807) is 51.1 Å². The Morgan fingerprint density at radius 3 is 2.28 bits per heavy atom. The molecule has 0 bridgehead atoms. The number of amides is 2. The van der Waals surface area contributed by atoms with Crippen LogP contribution in [0.2, 0.25) is 0 Å². The fourth-order valence-electron chi connectivity index (χ4n) is 1.85. The van der Waals surface area contributed by atoms with Gasteiger partial charge in [0.2, 0.25) is 0 Å². The second-order valence-electron chi connectivity index (χ2n) is 6.26. The predicted octanol–water partition coefficient (Wildman–Crippen LogP) is 2.13. The topological polar surface area (TPSA) is 93.7 Å². The van der Waals surface area contributed by atoms with Crippen molar-refractivity contribution in [3.05, 3.63) is 42.0 Å². The van der Waals surface area contributed by atoms with Gasteiger partial charge in [0.1, 0.15) is 11.6 Å². The number of benzene rings is 1. The summed E-state index contributed by atoms with van der Waals surface area (Å²) in [6.07, 6.45) is 0.968. The van der Waals surface area contributed by atoms with Crippen LogP contribution in [0.25, 0.3) is 6.08 Å². The summed E-state index contributed by atoms with van der Waals surface area (Å²) in [7, 11) is 1.20. The number of hydrogen-bond donors (Lipinski definition) is 2. The van der Waals surface area contributed by atoms with E-state index in [2.05, 4.69) is 21.9 Å². The van der Waals surface area contributed by atoms with Gasteiger partial charge in [0.25, 0.3) is 5.91 Å². The van der Waals surface area contributed by atoms with Gasteiger partial charge in [-0.1, -0.05) is 24.8 Å². The molecule has 0 aliphatic rings. The average molecular weight is 348 g/mol. The SMILES string of the molecule is C=Cc1ccc(C(=O)NC(CNC(=O)OC(C)(C)C)C(=O)OC)cc1. The fourth-order valence-corrected chi connectivity index (χ4v) is 1.85. The summed E-state index contributed by atoms with van der Waals surface area (Å²) in [5, 5.41) is 4.97. The minimum Gasteiger partial charge on any atom is -0.467 e. The van der Waals surface area contributed by atoms with Crippen molar-refractivity contribution in [3.8, 4) is 0 Å². The summed E-state index contributed by atoms with van der Waals surface area (Å²) >= 11 is 0. The monoisotopic (exact) mass is 348 g/mol. The first-order chi connectivity index (χ1) is 11.7. The normalized spacial score (nSPS) is 11.8. The molecule has 1 aromatic carbocycles. The summed E-state index contributed by atoms with van der Waals surface area (Å²) in [4.78, 5) is 35.8. The van der Waals surface area contributed by atoms with Gasteiger partial charge in [0.05, 0.1) is 13.7 Å². The third kappa shape index (κ3) is 7.07. The first-order valence-corrected chi connectivity index (χ1v) is 7.74. The lowest BCUT2D eigenvalue weighted by atomic mass is 10.1. The molecule has 136 valence electrons. The van der Waals surface area contributed by atoms with Gasteiger partial charge >= 0.3 is 12.1 Å². The molecule has 0 spiro atoms. The van der Waals surface area contributed by atoms with E-state index in [1.165, 1.54) is 7.11 Å². The van der Waals surface area contributed by atoms with Crippen molar-refractivity contribution in [2.24, 2.45) is 0 Å². The molecule has 2 amide bonds. The maximum absolute atomic E-state index is 12.3. The van der Waals surface area contributed by atoms with E-state index in [1.807, 2.05) is 0 Å². The quantitative estimate of drug-likeness (QED) is 0.768. The summed E-state index contributed by atoms with van der Waals surface area (Å²) < 4.78 is 9.75. The molecule has 1 aromatic rings. The number of methoxy groups -OCH3 is 1. The van der Waals surface area contributed by atoms with Gasteiger partial charge in [-0.2, -0.15) is 0 Å². The Labute approximate surface area is 147 Å². The van der Waals surface area contributed by atoms with Crippen LogP contribution >= 0.6 is 0 Å². The van der Waals surface area contributed by atoms with Crippen LogP contribution in [-0.4, -0.2) is 43.3 Å². The Kier molecular flexibility index (Phi) is 7.17. The predicted molar refractivity (Wildman–Crippen MR) is 94.0 cm³/mol. The van der Waals surface area contributed by atoms with E-state index >= 15 is 0 Å². The van der Waals surface area contributed by atoms with E-state index in [0.717, 1.165) is 5.56 Å². The minimum atomic E-state index is -1.04. The zero-order valence-corrected chi connectivity index (χ0v) is 14.9. The molecule has 1 rings (SSSR count). The minimum absolute atomic E-state index is 0.155. The van der Waals surface area contributed by atoms with E-state index in [4.69, 9.17) is 4.74 Å². The lowest BCUT2D eigenvalue weighted by Gasteiger charge is -2.21. The molecule has 7 nitrogen and oxygen atoms in total. The molecule has 0 aromatic heterocycles. The molecule has 0 fully saturated rings. The maximum Gasteiger partial charge on any atom is 0.407 e. The highest BCUT2D eigenvalue weighted by atomic mass is 16.6. The molecule has 0 saturated heterocycles. The molecule has 0 aliphatic heterocycles. The van der Waals surface area contributed by atoms with Gasteiger partial charge in [-0.05, 0) is 38.5 Å². The summed E-state index contributed by atoms with van der Waals surface area (Å²) in [6, 6.07) is 5.65. The van der Waals surface area contributed by atoms with E-state index in [9.17, 15) is 14.4 Å². The third-order valence-corrected chi connectivity index (χ3v) is 3.05. The summed E-state index contributed by atoms with van der Waals surface area (Å²) in [5.41, 5.74) is 0.575.